The highest BCUT2D eigenvalue weighted by Crippen LogP contribution is 2.17. The Morgan fingerprint density at radius 2 is 2.36 bits per heavy atom. The molecule has 1 amide bonds. The Labute approximate surface area is 81.2 Å². The lowest BCUT2D eigenvalue weighted by molar-refractivity contribution is -0.121. The predicted molar refractivity (Wildman–Crippen MR) is 51.4 cm³/mol. The van der Waals surface area contributed by atoms with Crippen molar-refractivity contribution < 1.29 is 10.0 Å². The van der Waals surface area contributed by atoms with Gasteiger partial charge in [0.25, 0.3) is 0 Å². The van der Waals surface area contributed by atoms with Gasteiger partial charge in [-0.05, 0) is 11.1 Å². The molecule has 14 heavy (non-hydrogen) atoms. The lowest BCUT2D eigenvalue weighted by Gasteiger charge is -2.18. The Kier molecular flexibility index (Phi) is 2.18. The van der Waals surface area contributed by atoms with Gasteiger partial charge in [-0.3, -0.25) is 4.79 Å². The van der Waals surface area contributed by atoms with E-state index < -0.39 is 0 Å². The molecule has 1 aliphatic rings. The van der Waals surface area contributed by atoms with Crippen LogP contribution >= 0.6 is 0 Å². The van der Waals surface area contributed by atoms with Gasteiger partial charge in [0.1, 0.15) is 0 Å². The second-order valence-corrected chi connectivity index (χ2v) is 3.18. The molecule has 0 aliphatic carbocycles. The fourth-order valence-electron chi connectivity index (χ4n) is 1.64. The summed E-state index contributed by atoms with van der Waals surface area (Å²) in [6.45, 7) is 0.510. The quantitative estimate of drug-likeness (QED) is 0.388. The smallest absolute Gasteiger partial charge is 0.224 e. The van der Waals surface area contributed by atoms with Crippen LogP contribution in [-0.2, 0) is 17.8 Å². The van der Waals surface area contributed by atoms with Gasteiger partial charge >= 0.3 is 0 Å². The number of nitrogens with one attached hydrogen (secondary N) is 1. The van der Waals surface area contributed by atoms with Gasteiger partial charge in [-0.25, -0.2) is 0 Å². The molecule has 4 nitrogen and oxygen atoms in total. The number of hydrogen-bond acceptors (Lipinski definition) is 3. The second-order valence-electron chi connectivity index (χ2n) is 3.18. The van der Waals surface area contributed by atoms with Gasteiger partial charge in [-0.2, -0.15) is 0 Å². The SMILES string of the molecule is O=C1Cc2cccc(/C=N/O)c2CN1. The maximum Gasteiger partial charge on any atom is 0.224 e. The van der Waals surface area contributed by atoms with E-state index in [0.29, 0.717) is 13.0 Å². The predicted octanol–water partition coefficient (Wildman–Crippen LogP) is 0.667. The third kappa shape index (κ3) is 1.46. The highest BCUT2D eigenvalue weighted by atomic mass is 16.4. The number of rotatable bonds is 1. The summed E-state index contributed by atoms with van der Waals surface area (Å²) in [5.74, 6) is 0.0376. The first-order valence-electron chi connectivity index (χ1n) is 4.36. The zero-order valence-electron chi connectivity index (χ0n) is 7.53. The lowest BCUT2D eigenvalue weighted by Crippen LogP contribution is -2.31. The number of carbonyl (C=O) groups excluding carboxylic acids is 1. The van der Waals surface area contributed by atoms with Gasteiger partial charge in [-0.15, -0.1) is 0 Å². The summed E-state index contributed by atoms with van der Waals surface area (Å²) in [7, 11) is 0. The summed E-state index contributed by atoms with van der Waals surface area (Å²) in [4.78, 5) is 11.1. The second kappa shape index (κ2) is 3.49. The van der Waals surface area contributed by atoms with E-state index >= 15 is 0 Å². The highest BCUT2D eigenvalue weighted by Gasteiger charge is 2.16. The van der Waals surface area contributed by atoms with Crippen molar-refractivity contribution in [3.8, 4) is 0 Å². The molecule has 0 bridgehead atoms. The van der Waals surface area contributed by atoms with E-state index in [2.05, 4.69) is 10.5 Å². The van der Waals surface area contributed by atoms with Crippen LogP contribution in [0.5, 0.6) is 0 Å². The first-order valence-corrected chi connectivity index (χ1v) is 4.36. The summed E-state index contributed by atoms with van der Waals surface area (Å²) < 4.78 is 0. The molecule has 1 aromatic rings. The molecule has 2 N–H and O–H groups in total. The number of amides is 1. The largest absolute Gasteiger partial charge is 0.411 e. The molecular formula is C10H10N2O2. The maximum absolute atomic E-state index is 11.1. The molecule has 2 rings (SSSR count). The third-order valence-corrected chi connectivity index (χ3v) is 2.32. The molecule has 0 radical (unpaired) electrons. The third-order valence-electron chi connectivity index (χ3n) is 2.32. The molecule has 0 fully saturated rings. The number of hydrogen-bond donors (Lipinski definition) is 2. The summed E-state index contributed by atoms with van der Waals surface area (Å²) >= 11 is 0. The van der Waals surface area contributed by atoms with Gasteiger partial charge in [0.15, 0.2) is 0 Å². The van der Waals surface area contributed by atoms with Gasteiger partial charge in [0.2, 0.25) is 5.91 Å². The normalized spacial score (nSPS) is 15.3. The molecule has 0 saturated carbocycles. The Hall–Kier alpha value is -1.84. The summed E-state index contributed by atoms with van der Waals surface area (Å²) in [5.41, 5.74) is 2.89. The number of carbonyl (C=O) groups is 1. The fraction of sp³-hybridized carbons (Fsp3) is 0.200. The zero-order valence-corrected chi connectivity index (χ0v) is 7.53. The molecule has 4 heteroatoms. The van der Waals surface area contributed by atoms with E-state index in [-0.39, 0.29) is 5.91 Å². The first kappa shape index (κ1) is 8.74. The monoisotopic (exact) mass is 190 g/mol. The fourth-order valence-corrected chi connectivity index (χ4v) is 1.64. The van der Waals surface area contributed by atoms with Crippen molar-refractivity contribution in [2.75, 3.05) is 0 Å². The number of oxime groups is 1. The standard InChI is InChI=1S/C10H10N2O2/c13-10-4-7-2-1-3-8(5-12-14)9(7)6-11-10/h1-3,5,14H,4,6H2,(H,11,13)/b12-5+. The van der Waals surface area contributed by atoms with E-state index in [1.165, 1.54) is 6.21 Å². The zero-order chi connectivity index (χ0) is 9.97. The number of benzene rings is 1. The van der Waals surface area contributed by atoms with Crippen molar-refractivity contribution in [3.63, 3.8) is 0 Å². The van der Waals surface area contributed by atoms with Crippen LogP contribution in [-0.4, -0.2) is 17.3 Å². The molecule has 0 saturated heterocycles. The van der Waals surface area contributed by atoms with Crippen LogP contribution in [0.25, 0.3) is 0 Å². The molecular weight excluding hydrogens is 180 g/mol. The van der Waals surface area contributed by atoms with Crippen molar-refractivity contribution in [2.24, 2.45) is 5.16 Å². The van der Waals surface area contributed by atoms with Gasteiger partial charge in [0, 0.05) is 12.1 Å². The minimum absolute atomic E-state index is 0.0376. The maximum atomic E-state index is 11.1. The molecule has 0 aromatic heterocycles. The van der Waals surface area contributed by atoms with E-state index in [4.69, 9.17) is 5.21 Å². The molecule has 1 aliphatic heterocycles. The summed E-state index contributed by atoms with van der Waals surface area (Å²) in [6, 6.07) is 5.63. The highest BCUT2D eigenvalue weighted by molar-refractivity contribution is 5.86. The summed E-state index contributed by atoms with van der Waals surface area (Å²) in [5, 5.41) is 14.2. The van der Waals surface area contributed by atoms with Crippen LogP contribution in [0.15, 0.2) is 23.4 Å². The van der Waals surface area contributed by atoms with Crippen LogP contribution in [0.1, 0.15) is 16.7 Å². The minimum Gasteiger partial charge on any atom is -0.411 e. The van der Waals surface area contributed by atoms with Crippen molar-refractivity contribution in [3.05, 3.63) is 34.9 Å². The molecule has 0 atom stereocenters. The molecule has 0 spiro atoms. The Bertz CT molecular complexity index is 399. The average molecular weight is 190 g/mol. The average Bonchev–Trinajstić information content (AvgIpc) is 2.18. The van der Waals surface area contributed by atoms with Crippen LogP contribution in [0, 0.1) is 0 Å². The van der Waals surface area contributed by atoms with E-state index in [1.54, 1.807) is 0 Å². The van der Waals surface area contributed by atoms with Crippen molar-refractivity contribution in [2.45, 2.75) is 13.0 Å². The summed E-state index contributed by atoms with van der Waals surface area (Å²) in [6.07, 6.45) is 1.79. The number of nitrogens with zero attached hydrogens (tertiary/aromatic N) is 1. The van der Waals surface area contributed by atoms with Crippen molar-refractivity contribution in [1.29, 1.82) is 0 Å². The number of fused-ring (bicyclic) bond motifs is 1. The Balaban J connectivity index is 2.46. The van der Waals surface area contributed by atoms with Crippen LogP contribution in [0.4, 0.5) is 0 Å². The van der Waals surface area contributed by atoms with Crippen LogP contribution in [0.3, 0.4) is 0 Å². The molecule has 1 heterocycles. The van der Waals surface area contributed by atoms with Crippen molar-refractivity contribution in [1.82, 2.24) is 5.32 Å². The van der Waals surface area contributed by atoms with Gasteiger partial charge in [0.05, 0.1) is 12.6 Å². The minimum atomic E-state index is 0.0376. The van der Waals surface area contributed by atoms with E-state index in [9.17, 15) is 4.79 Å². The van der Waals surface area contributed by atoms with E-state index in [0.717, 1.165) is 16.7 Å². The van der Waals surface area contributed by atoms with E-state index in [1.807, 2.05) is 18.2 Å². The first-order chi connectivity index (χ1) is 6.81. The van der Waals surface area contributed by atoms with Crippen molar-refractivity contribution >= 4 is 12.1 Å². The molecule has 0 unspecified atom stereocenters. The molecule has 1 aromatic carbocycles. The molecule has 72 valence electrons. The van der Waals surface area contributed by atoms with Gasteiger partial charge < -0.3 is 10.5 Å². The lowest BCUT2D eigenvalue weighted by atomic mass is 9.96. The Morgan fingerprint density at radius 1 is 1.50 bits per heavy atom. The van der Waals surface area contributed by atoms with Crippen LogP contribution < -0.4 is 5.32 Å². The van der Waals surface area contributed by atoms with Crippen LogP contribution in [0.2, 0.25) is 0 Å². The Morgan fingerprint density at radius 3 is 3.14 bits per heavy atom. The topological polar surface area (TPSA) is 61.7 Å². The van der Waals surface area contributed by atoms with Gasteiger partial charge in [-0.1, -0.05) is 23.4 Å².